The summed E-state index contributed by atoms with van der Waals surface area (Å²) in [6.45, 7) is 9.30. The van der Waals surface area contributed by atoms with Gasteiger partial charge in [0.15, 0.2) is 10.8 Å². The second kappa shape index (κ2) is 14.0. The Balaban J connectivity index is 1.99. The lowest BCUT2D eigenvalue weighted by molar-refractivity contribution is -0.161. The van der Waals surface area contributed by atoms with Crippen LogP contribution in [-0.2, 0) is 44.2 Å². The Hall–Kier alpha value is -3.11. The molecule has 2 rings (SSSR count). The van der Waals surface area contributed by atoms with Crippen LogP contribution >= 0.6 is 11.3 Å². The normalized spacial score (nSPS) is 18.6. The van der Waals surface area contributed by atoms with Crippen LogP contribution in [-0.4, -0.2) is 79.0 Å². The highest BCUT2D eigenvalue weighted by Crippen LogP contribution is 2.26. The number of unbranched alkanes of at least 4 members (excludes halogenated alkanes) is 3. The predicted molar refractivity (Wildman–Crippen MR) is 147 cm³/mol. The van der Waals surface area contributed by atoms with E-state index in [1.54, 1.807) is 20.8 Å². The first-order chi connectivity index (χ1) is 18.6. The number of aliphatic carboxylic acids is 1. The fraction of sp³-hybridized carbons (Fsp3) is 0.667. The molecule has 0 radical (unpaired) electrons. The Bertz CT molecular complexity index is 1150. The molecule has 1 fully saturated rings. The molecule has 0 aliphatic carbocycles. The number of thiazole rings is 1. The van der Waals surface area contributed by atoms with Crippen LogP contribution in [0, 0.1) is 5.41 Å². The number of nitrogen functional groups attached to an aromatic ring is 1. The maximum atomic E-state index is 13.0. The SMILES string of the molecule is CCCCCCOC(=O)C(C)(C)COS(=O)N1C(=O)[C@@H](NC(=O)/C(=N/OC(C)(C)C(=O)O)c2csc(N)n2)[C@@H]1C. The number of anilines is 1. The number of ether oxygens (including phenoxy) is 1. The summed E-state index contributed by atoms with van der Waals surface area (Å²) in [5.74, 6) is -3.40. The molecule has 1 saturated heterocycles. The molecule has 14 nitrogen and oxygen atoms in total. The number of amides is 2. The smallest absolute Gasteiger partial charge is 0.350 e. The van der Waals surface area contributed by atoms with Crippen LogP contribution in [0.25, 0.3) is 0 Å². The zero-order valence-corrected chi connectivity index (χ0v) is 25.1. The molecule has 0 saturated carbocycles. The number of aromatic nitrogens is 1. The minimum absolute atomic E-state index is 0.0175. The lowest BCUT2D eigenvalue weighted by Crippen LogP contribution is -2.70. The topological polar surface area (TPSA) is 200 Å². The van der Waals surface area contributed by atoms with Crippen molar-refractivity contribution in [3.05, 3.63) is 11.1 Å². The van der Waals surface area contributed by atoms with Gasteiger partial charge in [-0.2, -0.15) is 0 Å². The van der Waals surface area contributed by atoms with Crippen LogP contribution in [0.1, 0.15) is 72.9 Å². The first-order valence-corrected chi connectivity index (χ1v) is 14.6. The average molecular weight is 604 g/mol. The lowest BCUT2D eigenvalue weighted by atomic mass is 9.95. The van der Waals surface area contributed by atoms with Crippen molar-refractivity contribution in [2.24, 2.45) is 10.6 Å². The van der Waals surface area contributed by atoms with Crippen molar-refractivity contribution in [2.45, 2.75) is 84.9 Å². The number of carbonyl (C=O) groups excluding carboxylic acids is 3. The van der Waals surface area contributed by atoms with E-state index in [2.05, 4.69) is 22.4 Å². The van der Waals surface area contributed by atoms with Crippen molar-refractivity contribution in [1.29, 1.82) is 0 Å². The molecule has 2 amide bonds. The summed E-state index contributed by atoms with van der Waals surface area (Å²) in [5, 5.41) is 17.0. The average Bonchev–Trinajstić information content (AvgIpc) is 3.31. The molecular formula is C24H37N5O9S2. The monoisotopic (exact) mass is 603 g/mol. The van der Waals surface area contributed by atoms with Gasteiger partial charge in [-0.3, -0.25) is 18.6 Å². The van der Waals surface area contributed by atoms with Gasteiger partial charge in [-0.15, -0.1) is 11.3 Å². The highest BCUT2D eigenvalue weighted by molar-refractivity contribution is 7.78. The summed E-state index contributed by atoms with van der Waals surface area (Å²) in [6, 6.07) is -1.83. The second-order valence-corrected chi connectivity index (χ2v) is 12.3. The number of rotatable bonds is 16. The van der Waals surface area contributed by atoms with E-state index in [-0.39, 0.29) is 24.0 Å². The van der Waals surface area contributed by atoms with Gasteiger partial charge >= 0.3 is 11.9 Å². The first kappa shape index (κ1) is 33.1. The van der Waals surface area contributed by atoms with Crippen LogP contribution in [0.3, 0.4) is 0 Å². The van der Waals surface area contributed by atoms with Crippen LogP contribution in [0.15, 0.2) is 10.5 Å². The largest absolute Gasteiger partial charge is 0.478 e. The number of carboxylic acid groups (broad SMARTS) is 1. The number of carboxylic acids is 1. The molecule has 16 heteroatoms. The van der Waals surface area contributed by atoms with E-state index in [4.69, 9.17) is 19.5 Å². The third kappa shape index (κ3) is 8.44. The van der Waals surface area contributed by atoms with E-state index >= 15 is 0 Å². The third-order valence-electron chi connectivity index (χ3n) is 5.95. The Morgan fingerprint density at radius 3 is 2.48 bits per heavy atom. The van der Waals surface area contributed by atoms with Crippen molar-refractivity contribution in [1.82, 2.24) is 14.6 Å². The summed E-state index contributed by atoms with van der Waals surface area (Å²) in [7, 11) is 0. The quantitative estimate of drug-likeness (QED) is 0.0817. The molecule has 0 bridgehead atoms. The highest BCUT2D eigenvalue weighted by Gasteiger charge is 2.50. The predicted octanol–water partition coefficient (Wildman–Crippen LogP) is 1.77. The molecule has 1 aromatic rings. The van der Waals surface area contributed by atoms with E-state index in [0.717, 1.165) is 41.3 Å². The number of hydrogen-bond donors (Lipinski definition) is 3. The van der Waals surface area contributed by atoms with Crippen LogP contribution in [0.2, 0.25) is 0 Å². The van der Waals surface area contributed by atoms with E-state index < -0.39 is 63.8 Å². The number of carbonyl (C=O) groups is 4. The Morgan fingerprint density at radius 2 is 1.93 bits per heavy atom. The Kier molecular flexibility index (Phi) is 11.6. The van der Waals surface area contributed by atoms with Crippen LogP contribution in [0.5, 0.6) is 0 Å². The number of esters is 1. The van der Waals surface area contributed by atoms with Gasteiger partial charge in [-0.05, 0) is 41.0 Å². The summed E-state index contributed by atoms with van der Waals surface area (Å²) in [6.07, 6.45) is 3.82. The van der Waals surface area contributed by atoms with Crippen molar-refractivity contribution in [3.63, 3.8) is 0 Å². The molecule has 40 heavy (non-hydrogen) atoms. The van der Waals surface area contributed by atoms with Gasteiger partial charge in [0.1, 0.15) is 11.7 Å². The van der Waals surface area contributed by atoms with Gasteiger partial charge in [0.25, 0.3) is 23.1 Å². The third-order valence-corrected chi connectivity index (χ3v) is 7.77. The summed E-state index contributed by atoms with van der Waals surface area (Å²) in [4.78, 5) is 58.6. The Labute approximate surface area is 239 Å². The van der Waals surface area contributed by atoms with Gasteiger partial charge in [0.05, 0.1) is 24.7 Å². The first-order valence-electron chi connectivity index (χ1n) is 12.7. The van der Waals surface area contributed by atoms with E-state index in [1.165, 1.54) is 19.2 Å². The molecule has 224 valence electrons. The zero-order chi connectivity index (χ0) is 30.3. The van der Waals surface area contributed by atoms with Crippen LogP contribution < -0.4 is 11.1 Å². The summed E-state index contributed by atoms with van der Waals surface area (Å²) in [5.41, 5.74) is 2.41. The number of nitrogens with two attached hydrogens (primary N) is 1. The number of nitrogens with zero attached hydrogens (tertiary/aromatic N) is 3. The zero-order valence-electron chi connectivity index (χ0n) is 23.4. The minimum atomic E-state index is -2.23. The number of β-lactam (4-membered cyclic amide) rings is 1. The summed E-state index contributed by atoms with van der Waals surface area (Å²) >= 11 is -1.21. The molecule has 0 aromatic carbocycles. The molecule has 1 aliphatic rings. The Morgan fingerprint density at radius 1 is 1.25 bits per heavy atom. The van der Waals surface area contributed by atoms with Crippen molar-refractivity contribution >= 4 is 57.2 Å². The van der Waals surface area contributed by atoms with Crippen molar-refractivity contribution in [2.75, 3.05) is 18.9 Å². The molecule has 1 aliphatic heterocycles. The maximum Gasteiger partial charge on any atom is 0.350 e. The highest BCUT2D eigenvalue weighted by atomic mass is 32.2. The molecule has 3 atom stereocenters. The molecule has 1 aromatic heterocycles. The van der Waals surface area contributed by atoms with E-state index in [0.29, 0.717) is 0 Å². The molecule has 2 heterocycles. The van der Waals surface area contributed by atoms with Gasteiger partial charge < -0.3 is 25.7 Å². The number of oxime groups is 1. The molecular weight excluding hydrogens is 566 g/mol. The van der Waals surface area contributed by atoms with E-state index in [1.807, 2.05) is 0 Å². The number of hydrogen-bond acceptors (Lipinski definition) is 12. The molecule has 1 unspecified atom stereocenters. The summed E-state index contributed by atoms with van der Waals surface area (Å²) < 4.78 is 24.3. The molecule has 4 N–H and O–H groups in total. The van der Waals surface area contributed by atoms with E-state index in [9.17, 15) is 28.5 Å². The van der Waals surface area contributed by atoms with Crippen LogP contribution in [0.4, 0.5) is 5.13 Å². The fourth-order valence-electron chi connectivity index (χ4n) is 3.20. The van der Waals surface area contributed by atoms with Gasteiger partial charge in [0, 0.05) is 5.38 Å². The standard InChI is InChI=1S/C24H37N5O9S2/c1-7-8-9-10-11-36-21(34)23(3,4)13-37-40(35)29-14(2)16(19(29)31)27-18(30)17(15-12-39-22(25)26-15)28-38-24(5,6)20(32)33/h12,14,16H,7-11,13H2,1-6H3,(H2,25,26)(H,27,30)(H,32,33)/b28-17+/t14-,16-,40?/m0/s1. The van der Waals surface area contributed by atoms with Crippen molar-refractivity contribution < 1.29 is 42.3 Å². The molecule has 0 spiro atoms. The van der Waals surface area contributed by atoms with Gasteiger partial charge in [-0.25, -0.2) is 18.3 Å². The number of nitrogens with one attached hydrogen (secondary N) is 1. The van der Waals surface area contributed by atoms with Gasteiger partial charge in [0.2, 0.25) is 5.60 Å². The fourth-order valence-corrected chi connectivity index (χ4v) is 4.91. The van der Waals surface area contributed by atoms with Crippen molar-refractivity contribution in [3.8, 4) is 0 Å². The maximum absolute atomic E-state index is 13.0. The minimum Gasteiger partial charge on any atom is -0.478 e. The van der Waals surface area contributed by atoms with Gasteiger partial charge in [-0.1, -0.05) is 31.3 Å². The second-order valence-electron chi connectivity index (χ2n) is 10.3. The lowest BCUT2D eigenvalue weighted by Gasteiger charge is -2.43.